The summed E-state index contributed by atoms with van der Waals surface area (Å²) in [4.78, 5) is 22.4. The summed E-state index contributed by atoms with van der Waals surface area (Å²) in [6.45, 7) is 6.56. The molecule has 0 fully saturated rings. The highest BCUT2D eigenvalue weighted by molar-refractivity contribution is 5.92. The zero-order valence-corrected chi connectivity index (χ0v) is 11.5. The minimum atomic E-state index is -0.976. The zero-order valence-electron chi connectivity index (χ0n) is 11.5. The molecule has 0 aliphatic rings. The number of aromatic carboxylic acids is 1. The van der Waals surface area contributed by atoms with Crippen molar-refractivity contribution in [3.63, 3.8) is 0 Å². The molecule has 5 heteroatoms. The second-order valence-electron chi connectivity index (χ2n) is 4.90. The fourth-order valence-corrected chi connectivity index (χ4v) is 1.58. The van der Waals surface area contributed by atoms with E-state index >= 15 is 0 Å². The lowest BCUT2D eigenvalue weighted by Gasteiger charge is -2.11. The van der Waals surface area contributed by atoms with E-state index in [1.165, 1.54) is 12.1 Å². The Balaban J connectivity index is 2.57. The maximum atomic E-state index is 11.6. The number of rotatable bonds is 5. The van der Waals surface area contributed by atoms with Crippen LogP contribution in [0.25, 0.3) is 0 Å². The molecule has 1 aromatic rings. The fourth-order valence-electron chi connectivity index (χ4n) is 1.58. The molecule has 3 N–H and O–H groups in total. The normalized spacial score (nSPS) is 10.3. The van der Waals surface area contributed by atoms with E-state index in [1.807, 2.05) is 0 Å². The van der Waals surface area contributed by atoms with E-state index in [0.29, 0.717) is 18.2 Å². The Hall–Kier alpha value is -2.04. The molecular formula is C14H20N2O3. The molecule has 0 aliphatic heterocycles. The van der Waals surface area contributed by atoms with Crippen molar-refractivity contribution < 1.29 is 14.7 Å². The fraction of sp³-hybridized carbons (Fsp3) is 0.429. The second kappa shape index (κ2) is 6.78. The van der Waals surface area contributed by atoms with E-state index in [1.54, 1.807) is 13.0 Å². The zero-order chi connectivity index (χ0) is 14.4. The van der Waals surface area contributed by atoms with Gasteiger partial charge in [-0.1, -0.05) is 13.8 Å². The van der Waals surface area contributed by atoms with Gasteiger partial charge in [-0.05, 0) is 43.0 Å². The third kappa shape index (κ3) is 4.99. The molecule has 1 aromatic carbocycles. The van der Waals surface area contributed by atoms with Gasteiger partial charge < -0.3 is 15.7 Å². The Kier molecular flexibility index (Phi) is 5.36. The first kappa shape index (κ1) is 15.0. The second-order valence-corrected chi connectivity index (χ2v) is 4.90. The number of nitrogens with one attached hydrogen (secondary N) is 2. The first-order valence-electron chi connectivity index (χ1n) is 6.29. The molecule has 19 heavy (non-hydrogen) atoms. The molecule has 2 amide bonds. The molecule has 0 bridgehead atoms. The molecule has 0 heterocycles. The highest BCUT2D eigenvalue weighted by atomic mass is 16.4. The Morgan fingerprint density at radius 3 is 2.53 bits per heavy atom. The van der Waals surface area contributed by atoms with Crippen LogP contribution in [0.2, 0.25) is 0 Å². The van der Waals surface area contributed by atoms with Crippen molar-refractivity contribution in [3.8, 4) is 0 Å². The predicted octanol–water partition coefficient (Wildman–Crippen LogP) is 2.86. The molecule has 0 radical (unpaired) electrons. The van der Waals surface area contributed by atoms with Gasteiger partial charge in [-0.15, -0.1) is 0 Å². The molecule has 5 nitrogen and oxygen atoms in total. The number of carbonyl (C=O) groups is 2. The van der Waals surface area contributed by atoms with Crippen LogP contribution in [0.15, 0.2) is 18.2 Å². The predicted molar refractivity (Wildman–Crippen MR) is 74.6 cm³/mol. The van der Waals surface area contributed by atoms with Crippen molar-refractivity contribution in [2.75, 3.05) is 11.9 Å². The van der Waals surface area contributed by atoms with Crippen molar-refractivity contribution in [3.05, 3.63) is 29.3 Å². The smallest absolute Gasteiger partial charge is 0.335 e. The lowest BCUT2D eigenvalue weighted by molar-refractivity contribution is 0.0697. The number of anilines is 1. The number of hydrogen-bond donors (Lipinski definition) is 3. The Morgan fingerprint density at radius 1 is 1.32 bits per heavy atom. The lowest BCUT2D eigenvalue weighted by atomic mass is 10.1. The molecule has 0 unspecified atom stereocenters. The van der Waals surface area contributed by atoms with Gasteiger partial charge in [-0.3, -0.25) is 0 Å². The van der Waals surface area contributed by atoms with E-state index in [9.17, 15) is 9.59 Å². The summed E-state index contributed by atoms with van der Waals surface area (Å²) in [5.74, 6) is -0.437. The summed E-state index contributed by atoms with van der Waals surface area (Å²) >= 11 is 0. The Bertz CT molecular complexity index is 470. The third-order valence-corrected chi connectivity index (χ3v) is 2.73. The lowest BCUT2D eigenvalue weighted by Crippen LogP contribution is -2.30. The highest BCUT2D eigenvalue weighted by Gasteiger charge is 2.08. The van der Waals surface area contributed by atoms with Crippen molar-refractivity contribution in [2.45, 2.75) is 27.2 Å². The maximum absolute atomic E-state index is 11.6. The van der Waals surface area contributed by atoms with Crippen LogP contribution in [0.3, 0.4) is 0 Å². The molecule has 0 aromatic heterocycles. The number of hydrogen-bond acceptors (Lipinski definition) is 2. The molecule has 0 saturated carbocycles. The molecule has 1 rings (SSSR count). The van der Waals surface area contributed by atoms with Crippen LogP contribution < -0.4 is 10.6 Å². The standard InChI is InChI=1S/C14H20N2O3/c1-9(2)6-7-15-14(19)16-12-5-4-11(13(17)18)8-10(12)3/h4-5,8-9H,6-7H2,1-3H3,(H,17,18)(H2,15,16,19). The van der Waals surface area contributed by atoms with Crippen molar-refractivity contribution in [2.24, 2.45) is 5.92 Å². The molecule has 0 spiro atoms. The van der Waals surface area contributed by atoms with E-state index in [2.05, 4.69) is 24.5 Å². The van der Waals surface area contributed by atoms with E-state index < -0.39 is 5.97 Å². The average Bonchev–Trinajstić information content (AvgIpc) is 2.31. The Morgan fingerprint density at radius 2 is 2.00 bits per heavy atom. The van der Waals surface area contributed by atoms with Gasteiger partial charge in [0.2, 0.25) is 0 Å². The van der Waals surface area contributed by atoms with Crippen molar-refractivity contribution >= 4 is 17.7 Å². The number of benzene rings is 1. The number of carboxylic acids is 1. The number of carbonyl (C=O) groups excluding carboxylic acids is 1. The molecule has 0 aliphatic carbocycles. The average molecular weight is 264 g/mol. The number of urea groups is 1. The monoisotopic (exact) mass is 264 g/mol. The number of aryl methyl sites for hydroxylation is 1. The van der Waals surface area contributed by atoms with Gasteiger partial charge in [-0.25, -0.2) is 9.59 Å². The molecular weight excluding hydrogens is 244 g/mol. The largest absolute Gasteiger partial charge is 0.478 e. The van der Waals surface area contributed by atoms with Gasteiger partial charge in [0.1, 0.15) is 0 Å². The third-order valence-electron chi connectivity index (χ3n) is 2.73. The van der Waals surface area contributed by atoms with Crippen LogP contribution in [0.4, 0.5) is 10.5 Å². The summed E-state index contributed by atoms with van der Waals surface area (Å²) in [6, 6.07) is 4.33. The highest BCUT2D eigenvalue weighted by Crippen LogP contribution is 2.16. The van der Waals surface area contributed by atoms with Crippen LogP contribution in [0.1, 0.15) is 36.2 Å². The Labute approximate surface area is 113 Å². The topological polar surface area (TPSA) is 78.4 Å². The summed E-state index contributed by atoms with van der Waals surface area (Å²) < 4.78 is 0. The van der Waals surface area contributed by atoms with Gasteiger partial charge in [0.05, 0.1) is 5.56 Å². The van der Waals surface area contributed by atoms with Crippen molar-refractivity contribution in [1.82, 2.24) is 5.32 Å². The summed E-state index contributed by atoms with van der Waals surface area (Å²) in [6.07, 6.45) is 0.921. The summed E-state index contributed by atoms with van der Waals surface area (Å²) in [5, 5.41) is 14.3. The van der Waals surface area contributed by atoms with Gasteiger partial charge in [0, 0.05) is 12.2 Å². The van der Waals surface area contributed by atoms with Crippen molar-refractivity contribution in [1.29, 1.82) is 0 Å². The minimum absolute atomic E-state index is 0.211. The van der Waals surface area contributed by atoms with Gasteiger partial charge in [0.25, 0.3) is 0 Å². The summed E-state index contributed by atoms with van der Waals surface area (Å²) in [7, 11) is 0. The van der Waals surface area contributed by atoms with Crippen LogP contribution >= 0.6 is 0 Å². The van der Waals surface area contributed by atoms with Gasteiger partial charge in [0.15, 0.2) is 0 Å². The first-order valence-corrected chi connectivity index (χ1v) is 6.29. The van der Waals surface area contributed by atoms with Crippen LogP contribution in [-0.2, 0) is 0 Å². The molecule has 0 saturated heterocycles. The minimum Gasteiger partial charge on any atom is -0.478 e. The van der Waals surface area contributed by atoms with Crippen LogP contribution in [0, 0.1) is 12.8 Å². The maximum Gasteiger partial charge on any atom is 0.335 e. The first-order chi connectivity index (χ1) is 8.90. The number of amides is 2. The van der Waals surface area contributed by atoms with E-state index in [-0.39, 0.29) is 11.6 Å². The van der Waals surface area contributed by atoms with E-state index in [4.69, 9.17) is 5.11 Å². The quantitative estimate of drug-likeness (QED) is 0.765. The number of carboxylic acid groups (broad SMARTS) is 1. The molecule has 104 valence electrons. The summed E-state index contributed by atoms with van der Waals surface area (Å²) in [5.41, 5.74) is 1.55. The van der Waals surface area contributed by atoms with Crippen LogP contribution in [0.5, 0.6) is 0 Å². The molecule has 0 atom stereocenters. The van der Waals surface area contributed by atoms with Crippen LogP contribution in [-0.4, -0.2) is 23.7 Å². The van der Waals surface area contributed by atoms with E-state index in [0.717, 1.165) is 12.0 Å². The SMILES string of the molecule is Cc1cc(C(=O)O)ccc1NC(=O)NCCC(C)C. The van der Waals surface area contributed by atoms with Gasteiger partial charge >= 0.3 is 12.0 Å². The van der Waals surface area contributed by atoms with Gasteiger partial charge in [-0.2, -0.15) is 0 Å².